The van der Waals surface area contributed by atoms with E-state index in [9.17, 15) is 9.18 Å². The summed E-state index contributed by atoms with van der Waals surface area (Å²) in [7, 11) is 0. The lowest BCUT2D eigenvalue weighted by molar-refractivity contribution is -0.110. The number of halogens is 1. The molecule has 2 heterocycles. The van der Waals surface area contributed by atoms with Crippen molar-refractivity contribution in [2.45, 2.75) is 12.8 Å². The van der Waals surface area contributed by atoms with Crippen molar-refractivity contribution in [3.8, 4) is 0 Å². The summed E-state index contributed by atoms with van der Waals surface area (Å²) in [6.07, 6.45) is 4.12. The third-order valence-electron chi connectivity index (χ3n) is 4.49. The number of nitrogens with zero attached hydrogens (tertiary/aromatic N) is 1. The highest BCUT2D eigenvalue weighted by Crippen LogP contribution is 2.32. The van der Waals surface area contributed by atoms with Crippen LogP contribution < -0.4 is 15.5 Å². The summed E-state index contributed by atoms with van der Waals surface area (Å²) in [4.78, 5) is 14.4. The van der Waals surface area contributed by atoms with Crippen LogP contribution in [-0.2, 0) is 4.79 Å². The maximum Gasteiger partial charge on any atom is 0.257 e. The van der Waals surface area contributed by atoms with Gasteiger partial charge in [0.2, 0.25) is 0 Å². The minimum absolute atomic E-state index is 0.225. The lowest BCUT2D eigenvalue weighted by atomic mass is 10.1. The van der Waals surface area contributed by atoms with Crippen LogP contribution in [-0.4, -0.2) is 19.0 Å². The highest BCUT2D eigenvalue weighted by Gasteiger charge is 2.24. The van der Waals surface area contributed by atoms with Crippen LogP contribution in [0.4, 0.5) is 21.5 Å². The average Bonchev–Trinajstić information content (AvgIpc) is 3.21. The monoisotopic (exact) mass is 323 g/mol. The molecule has 2 N–H and O–H groups in total. The van der Waals surface area contributed by atoms with Gasteiger partial charge in [0.15, 0.2) is 0 Å². The molecule has 1 fully saturated rings. The molecule has 2 aliphatic heterocycles. The summed E-state index contributed by atoms with van der Waals surface area (Å²) in [5, 5.41) is 5.87. The number of carbonyl (C=O) groups excluding carboxylic acids is 1. The molecule has 0 spiro atoms. The van der Waals surface area contributed by atoms with Crippen LogP contribution in [0.5, 0.6) is 0 Å². The van der Waals surface area contributed by atoms with Crippen LogP contribution in [0, 0.1) is 5.82 Å². The molecule has 0 radical (unpaired) electrons. The number of carbonyl (C=O) groups is 1. The van der Waals surface area contributed by atoms with Crippen molar-refractivity contribution in [1.29, 1.82) is 0 Å². The predicted molar refractivity (Wildman–Crippen MR) is 94.5 cm³/mol. The van der Waals surface area contributed by atoms with E-state index >= 15 is 0 Å². The van der Waals surface area contributed by atoms with Gasteiger partial charge in [-0.1, -0.05) is 0 Å². The molecule has 2 aliphatic rings. The van der Waals surface area contributed by atoms with Crippen LogP contribution in [0.1, 0.15) is 18.4 Å². The van der Waals surface area contributed by atoms with Crippen molar-refractivity contribution < 1.29 is 9.18 Å². The minimum Gasteiger partial charge on any atom is -0.372 e. The third-order valence-corrected chi connectivity index (χ3v) is 4.49. The van der Waals surface area contributed by atoms with Gasteiger partial charge in [-0.25, -0.2) is 4.39 Å². The zero-order valence-electron chi connectivity index (χ0n) is 13.2. The molecule has 122 valence electrons. The Morgan fingerprint density at radius 3 is 2.58 bits per heavy atom. The first-order valence-electron chi connectivity index (χ1n) is 8.14. The van der Waals surface area contributed by atoms with Gasteiger partial charge in [0.25, 0.3) is 5.91 Å². The average molecular weight is 323 g/mol. The van der Waals surface area contributed by atoms with Crippen LogP contribution in [0.15, 0.2) is 48.7 Å². The largest absolute Gasteiger partial charge is 0.372 e. The Morgan fingerprint density at radius 2 is 1.83 bits per heavy atom. The van der Waals surface area contributed by atoms with E-state index in [0.717, 1.165) is 18.8 Å². The minimum atomic E-state index is -0.355. The highest BCUT2D eigenvalue weighted by atomic mass is 19.1. The Balaban J connectivity index is 1.53. The molecule has 0 aliphatic carbocycles. The summed E-state index contributed by atoms with van der Waals surface area (Å²) >= 11 is 0. The summed E-state index contributed by atoms with van der Waals surface area (Å²) in [5.74, 6) is -0.581. The second kappa shape index (κ2) is 6.00. The van der Waals surface area contributed by atoms with E-state index in [0.29, 0.717) is 16.8 Å². The molecule has 0 bridgehead atoms. The fourth-order valence-electron chi connectivity index (χ4n) is 3.20. The Morgan fingerprint density at radius 1 is 1.08 bits per heavy atom. The zero-order valence-corrected chi connectivity index (χ0v) is 13.2. The number of benzene rings is 2. The quantitative estimate of drug-likeness (QED) is 0.844. The first kappa shape index (κ1) is 14.8. The maximum absolute atomic E-state index is 13.4. The van der Waals surface area contributed by atoms with E-state index in [1.165, 1.54) is 30.7 Å². The second-order valence-corrected chi connectivity index (χ2v) is 6.09. The van der Waals surface area contributed by atoms with Gasteiger partial charge >= 0.3 is 0 Å². The fourth-order valence-corrected chi connectivity index (χ4v) is 3.20. The number of anilines is 3. The molecule has 1 saturated heterocycles. The number of fused-ring (bicyclic) bond motifs is 1. The SMILES string of the molecule is O=C1Nc2ccc(F)cc2C1=CNc1ccc(N2CCCC2)cc1. The van der Waals surface area contributed by atoms with Gasteiger partial charge in [-0.05, 0) is 55.3 Å². The van der Waals surface area contributed by atoms with Crippen LogP contribution in [0.3, 0.4) is 0 Å². The van der Waals surface area contributed by atoms with E-state index in [1.54, 1.807) is 12.3 Å². The van der Waals surface area contributed by atoms with Gasteiger partial charge in [0.1, 0.15) is 5.82 Å². The summed E-state index contributed by atoms with van der Waals surface area (Å²) in [5.41, 5.74) is 3.77. The van der Waals surface area contributed by atoms with Crippen molar-refractivity contribution in [1.82, 2.24) is 0 Å². The van der Waals surface area contributed by atoms with Gasteiger partial charge in [-0.2, -0.15) is 0 Å². The van der Waals surface area contributed by atoms with Crippen molar-refractivity contribution in [2.75, 3.05) is 28.6 Å². The van der Waals surface area contributed by atoms with Gasteiger partial charge in [-0.15, -0.1) is 0 Å². The van der Waals surface area contributed by atoms with E-state index in [4.69, 9.17) is 0 Å². The Bertz CT molecular complexity index is 808. The second-order valence-electron chi connectivity index (χ2n) is 6.09. The molecule has 4 rings (SSSR count). The summed E-state index contributed by atoms with van der Waals surface area (Å²) in [6.45, 7) is 2.22. The smallest absolute Gasteiger partial charge is 0.257 e. The van der Waals surface area contributed by atoms with Crippen LogP contribution >= 0.6 is 0 Å². The summed E-state index contributed by atoms with van der Waals surface area (Å²) in [6, 6.07) is 12.4. The number of hydrogen-bond donors (Lipinski definition) is 2. The molecule has 1 amide bonds. The third kappa shape index (κ3) is 2.73. The van der Waals surface area contributed by atoms with Crippen LogP contribution in [0.2, 0.25) is 0 Å². The molecule has 0 saturated carbocycles. The number of hydrogen-bond acceptors (Lipinski definition) is 3. The van der Waals surface area contributed by atoms with E-state index < -0.39 is 0 Å². The van der Waals surface area contributed by atoms with E-state index in [1.807, 2.05) is 12.1 Å². The van der Waals surface area contributed by atoms with Crippen molar-refractivity contribution in [3.63, 3.8) is 0 Å². The first-order chi connectivity index (χ1) is 11.7. The molecule has 5 heteroatoms. The predicted octanol–water partition coefficient (Wildman–Crippen LogP) is 3.83. The highest BCUT2D eigenvalue weighted by molar-refractivity contribution is 6.31. The molecule has 0 aromatic heterocycles. The molecule has 24 heavy (non-hydrogen) atoms. The van der Waals surface area contributed by atoms with E-state index in [2.05, 4.69) is 27.7 Å². The molecular weight excluding hydrogens is 305 g/mol. The van der Waals surface area contributed by atoms with Gasteiger partial charge < -0.3 is 15.5 Å². The Hall–Kier alpha value is -2.82. The summed E-state index contributed by atoms with van der Waals surface area (Å²) < 4.78 is 13.4. The van der Waals surface area contributed by atoms with Crippen molar-refractivity contribution >= 4 is 28.5 Å². The van der Waals surface area contributed by atoms with Gasteiger partial charge in [0, 0.05) is 41.9 Å². The first-order valence-corrected chi connectivity index (χ1v) is 8.14. The number of rotatable bonds is 3. The van der Waals surface area contributed by atoms with Crippen molar-refractivity contribution in [3.05, 3.63) is 60.0 Å². The normalized spacial score (nSPS) is 18.0. The van der Waals surface area contributed by atoms with Crippen molar-refractivity contribution in [2.24, 2.45) is 0 Å². The fraction of sp³-hybridized carbons (Fsp3) is 0.211. The lowest BCUT2D eigenvalue weighted by Gasteiger charge is -2.17. The number of nitrogens with one attached hydrogen (secondary N) is 2. The number of amides is 1. The van der Waals surface area contributed by atoms with Gasteiger partial charge in [0.05, 0.1) is 5.57 Å². The maximum atomic E-state index is 13.4. The molecule has 2 aromatic rings. The van der Waals surface area contributed by atoms with E-state index in [-0.39, 0.29) is 11.7 Å². The molecule has 2 aromatic carbocycles. The topological polar surface area (TPSA) is 44.4 Å². The molecule has 0 unspecified atom stereocenters. The van der Waals surface area contributed by atoms with Gasteiger partial charge in [-0.3, -0.25) is 4.79 Å². The zero-order chi connectivity index (χ0) is 16.5. The van der Waals surface area contributed by atoms with Crippen LogP contribution in [0.25, 0.3) is 5.57 Å². The molecule has 4 nitrogen and oxygen atoms in total. The molecular formula is C19H18FN3O. The standard InChI is InChI=1S/C19H18FN3O/c20-13-3-8-18-16(11-13)17(19(24)22-18)12-21-14-4-6-15(7-5-14)23-9-1-2-10-23/h3-8,11-12,21H,1-2,9-10H2,(H,22,24). The molecule has 0 atom stereocenters. The Labute approximate surface area is 140 Å². The lowest BCUT2D eigenvalue weighted by Crippen LogP contribution is -2.17. The Kier molecular flexibility index (Phi) is 3.69.